The minimum Gasteiger partial charge on any atom is -0.386 e. The Balaban J connectivity index is 2.18. The fraction of sp³-hybridized carbons (Fsp3) is 0.385. The van der Waals surface area contributed by atoms with E-state index >= 15 is 0 Å². The minimum atomic E-state index is -0.709. The first-order chi connectivity index (χ1) is 8.61. The van der Waals surface area contributed by atoms with Gasteiger partial charge in [-0.25, -0.2) is 0 Å². The van der Waals surface area contributed by atoms with Crippen molar-refractivity contribution < 1.29 is 5.11 Å². The van der Waals surface area contributed by atoms with Crippen molar-refractivity contribution in [1.82, 2.24) is 14.8 Å². The molecule has 0 aliphatic carbocycles. The van der Waals surface area contributed by atoms with E-state index in [2.05, 4.69) is 17.0 Å². The molecule has 4 nitrogen and oxygen atoms in total. The molecule has 0 aromatic carbocycles. The summed E-state index contributed by atoms with van der Waals surface area (Å²) in [5, 5.41) is 15.0. The van der Waals surface area contributed by atoms with Gasteiger partial charge in [0.05, 0.1) is 16.4 Å². The number of hydrogen-bond donors (Lipinski definition) is 1. The van der Waals surface area contributed by atoms with E-state index in [-0.39, 0.29) is 0 Å². The van der Waals surface area contributed by atoms with Gasteiger partial charge in [0.2, 0.25) is 0 Å². The maximum absolute atomic E-state index is 10.2. The summed E-state index contributed by atoms with van der Waals surface area (Å²) in [7, 11) is 1.88. The molecule has 2 aromatic heterocycles. The molecule has 5 heteroatoms. The van der Waals surface area contributed by atoms with Crippen LogP contribution in [0.15, 0.2) is 24.4 Å². The topological polar surface area (TPSA) is 50.9 Å². The summed E-state index contributed by atoms with van der Waals surface area (Å²) in [6, 6.07) is 5.48. The Morgan fingerprint density at radius 2 is 2.28 bits per heavy atom. The van der Waals surface area contributed by atoms with Gasteiger partial charge in [0, 0.05) is 25.4 Å². The average molecular weight is 266 g/mol. The Hall–Kier alpha value is -1.39. The third-order valence-electron chi connectivity index (χ3n) is 2.89. The number of halogens is 1. The van der Waals surface area contributed by atoms with Gasteiger partial charge in [-0.3, -0.25) is 9.67 Å². The van der Waals surface area contributed by atoms with Gasteiger partial charge in [0.1, 0.15) is 6.10 Å². The van der Waals surface area contributed by atoms with Gasteiger partial charge < -0.3 is 5.11 Å². The molecule has 0 fully saturated rings. The number of hydrogen-bond acceptors (Lipinski definition) is 3. The molecule has 18 heavy (non-hydrogen) atoms. The summed E-state index contributed by atoms with van der Waals surface area (Å²) in [5.41, 5.74) is 2.51. The highest BCUT2D eigenvalue weighted by molar-refractivity contribution is 6.31. The van der Waals surface area contributed by atoms with Crippen molar-refractivity contribution in [3.8, 4) is 0 Å². The van der Waals surface area contributed by atoms with Crippen LogP contribution in [0.4, 0.5) is 0 Å². The molecule has 2 heterocycles. The highest BCUT2D eigenvalue weighted by atomic mass is 35.5. The van der Waals surface area contributed by atoms with Crippen molar-refractivity contribution >= 4 is 11.6 Å². The lowest BCUT2D eigenvalue weighted by Crippen LogP contribution is -2.08. The molecule has 1 N–H and O–H groups in total. The number of aliphatic hydroxyl groups excluding tert-OH is 1. The predicted molar refractivity (Wildman–Crippen MR) is 70.5 cm³/mol. The molecular weight excluding hydrogens is 250 g/mol. The van der Waals surface area contributed by atoms with Gasteiger partial charge in [-0.15, -0.1) is 0 Å². The van der Waals surface area contributed by atoms with Crippen LogP contribution in [-0.2, 0) is 19.9 Å². The van der Waals surface area contributed by atoms with Crippen LogP contribution < -0.4 is 0 Å². The molecule has 0 aliphatic rings. The van der Waals surface area contributed by atoms with Gasteiger partial charge in [-0.1, -0.05) is 18.5 Å². The molecule has 1 unspecified atom stereocenters. The molecule has 2 rings (SSSR count). The van der Waals surface area contributed by atoms with Gasteiger partial charge in [-0.2, -0.15) is 5.10 Å². The van der Waals surface area contributed by atoms with E-state index in [1.807, 2.05) is 13.1 Å². The third-order valence-corrected chi connectivity index (χ3v) is 3.21. The summed E-state index contributed by atoms with van der Waals surface area (Å²) in [6.07, 6.45) is 2.26. The van der Waals surface area contributed by atoms with E-state index in [9.17, 15) is 5.11 Å². The number of pyridine rings is 1. The fourth-order valence-electron chi connectivity index (χ4n) is 1.87. The number of aliphatic hydroxyl groups is 1. The van der Waals surface area contributed by atoms with Gasteiger partial charge in [-0.05, 0) is 24.6 Å². The maximum atomic E-state index is 10.2. The van der Waals surface area contributed by atoms with Crippen LogP contribution in [-0.4, -0.2) is 19.9 Å². The van der Waals surface area contributed by atoms with Crippen LogP contribution in [0, 0.1) is 0 Å². The zero-order chi connectivity index (χ0) is 13.1. The third kappa shape index (κ3) is 2.71. The minimum absolute atomic E-state index is 0.459. The molecule has 0 spiro atoms. The van der Waals surface area contributed by atoms with Gasteiger partial charge in [0.15, 0.2) is 0 Å². The summed E-state index contributed by atoms with van der Waals surface area (Å²) in [4.78, 5) is 4.12. The lowest BCUT2D eigenvalue weighted by Gasteiger charge is -2.11. The molecule has 96 valence electrons. The highest BCUT2D eigenvalue weighted by Gasteiger charge is 2.16. The molecule has 1 atom stereocenters. The normalized spacial score (nSPS) is 12.7. The summed E-state index contributed by atoms with van der Waals surface area (Å²) in [5.74, 6) is 0. The zero-order valence-electron chi connectivity index (χ0n) is 10.5. The summed E-state index contributed by atoms with van der Waals surface area (Å²) >= 11 is 6.01. The molecule has 2 aromatic rings. The Morgan fingerprint density at radius 1 is 1.50 bits per heavy atom. The number of nitrogens with zero attached hydrogens (tertiary/aromatic N) is 3. The number of aromatic nitrogens is 3. The van der Waals surface area contributed by atoms with Crippen LogP contribution in [0.25, 0.3) is 0 Å². The SMILES string of the molecule is CCc1cc(CC(O)c2ncccc2Cl)n(C)n1. The van der Waals surface area contributed by atoms with Crippen molar-refractivity contribution in [3.05, 3.63) is 46.5 Å². The molecule has 0 amide bonds. The van der Waals surface area contributed by atoms with Crippen LogP contribution >= 0.6 is 11.6 Å². The van der Waals surface area contributed by atoms with Crippen LogP contribution in [0.5, 0.6) is 0 Å². The monoisotopic (exact) mass is 265 g/mol. The quantitative estimate of drug-likeness (QED) is 0.923. The van der Waals surface area contributed by atoms with E-state index in [0.717, 1.165) is 17.8 Å². The van der Waals surface area contributed by atoms with Crippen LogP contribution in [0.3, 0.4) is 0 Å². The van der Waals surface area contributed by atoms with E-state index in [1.165, 1.54) is 0 Å². The molecule has 0 radical (unpaired) electrons. The van der Waals surface area contributed by atoms with Crippen LogP contribution in [0.2, 0.25) is 5.02 Å². The Kier molecular flexibility index (Phi) is 3.99. The van der Waals surface area contributed by atoms with Crippen LogP contribution in [0.1, 0.15) is 30.1 Å². The molecule has 0 aliphatic heterocycles. The lowest BCUT2D eigenvalue weighted by molar-refractivity contribution is 0.171. The first-order valence-corrected chi connectivity index (χ1v) is 6.30. The first-order valence-electron chi connectivity index (χ1n) is 5.92. The molecule has 0 saturated carbocycles. The standard InChI is InChI=1S/C13H16ClN3O/c1-3-9-7-10(17(2)16-9)8-12(18)13-11(14)5-4-6-15-13/h4-7,12,18H,3,8H2,1-2H3. The van der Waals surface area contributed by atoms with E-state index in [0.29, 0.717) is 17.1 Å². The van der Waals surface area contributed by atoms with E-state index in [1.54, 1.807) is 23.0 Å². The maximum Gasteiger partial charge on any atom is 0.103 e. The molecule has 0 saturated heterocycles. The van der Waals surface area contributed by atoms with Crippen molar-refractivity contribution in [2.75, 3.05) is 0 Å². The molecule has 0 bridgehead atoms. The lowest BCUT2D eigenvalue weighted by atomic mass is 10.1. The van der Waals surface area contributed by atoms with Crippen molar-refractivity contribution in [2.45, 2.75) is 25.9 Å². The fourth-order valence-corrected chi connectivity index (χ4v) is 2.12. The Bertz CT molecular complexity index is 539. The Labute approximate surface area is 111 Å². The van der Waals surface area contributed by atoms with Crippen molar-refractivity contribution in [3.63, 3.8) is 0 Å². The second-order valence-electron chi connectivity index (χ2n) is 4.19. The highest BCUT2D eigenvalue weighted by Crippen LogP contribution is 2.23. The largest absolute Gasteiger partial charge is 0.386 e. The Morgan fingerprint density at radius 3 is 2.89 bits per heavy atom. The van der Waals surface area contributed by atoms with Crippen molar-refractivity contribution in [2.24, 2.45) is 7.05 Å². The second kappa shape index (κ2) is 5.50. The second-order valence-corrected chi connectivity index (χ2v) is 4.60. The number of rotatable bonds is 4. The van der Waals surface area contributed by atoms with Gasteiger partial charge >= 0.3 is 0 Å². The van der Waals surface area contributed by atoms with E-state index < -0.39 is 6.10 Å². The smallest absolute Gasteiger partial charge is 0.103 e. The predicted octanol–water partition coefficient (Wildman–Crippen LogP) is 2.31. The molecular formula is C13H16ClN3O. The summed E-state index contributed by atoms with van der Waals surface area (Å²) < 4.78 is 1.79. The summed E-state index contributed by atoms with van der Waals surface area (Å²) in [6.45, 7) is 2.05. The average Bonchev–Trinajstić information content (AvgIpc) is 2.70. The van der Waals surface area contributed by atoms with Crippen molar-refractivity contribution in [1.29, 1.82) is 0 Å². The zero-order valence-corrected chi connectivity index (χ0v) is 11.2. The first kappa shape index (κ1) is 13.1. The number of aryl methyl sites for hydroxylation is 2. The van der Waals surface area contributed by atoms with Gasteiger partial charge in [0.25, 0.3) is 0 Å². The van der Waals surface area contributed by atoms with E-state index in [4.69, 9.17) is 11.6 Å².